The number of ether oxygens (including phenoxy) is 4. The number of nitrogens with one attached hydrogen (secondary N) is 1. The quantitative estimate of drug-likeness (QED) is 0.416. The third-order valence-corrected chi connectivity index (χ3v) is 5.68. The van der Waals surface area contributed by atoms with Crippen LogP contribution in [0.25, 0.3) is 0 Å². The van der Waals surface area contributed by atoms with Crippen LogP contribution >= 0.6 is 0 Å². The van der Waals surface area contributed by atoms with Crippen LogP contribution in [0.5, 0.6) is 0 Å². The molecule has 1 fully saturated rings. The third kappa shape index (κ3) is 6.72. The van der Waals surface area contributed by atoms with E-state index in [0.29, 0.717) is 5.56 Å². The molecule has 1 N–H and O–H groups in total. The summed E-state index contributed by atoms with van der Waals surface area (Å²) in [6, 6.07) is 7.08. The Kier molecular flexibility index (Phi) is 8.51. The van der Waals surface area contributed by atoms with Gasteiger partial charge in [0.1, 0.15) is 17.9 Å². The maximum absolute atomic E-state index is 12.7. The number of carbonyl (C=O) groups excluding carboxylic acids is 3. The molecule has 1 aromatic rings. The van der Waals surface area contributed by atoms with Gasteiger partial charge in [-0.05, 0) is 12.1 Å². The highest BCUT2D eigenvalue weighted by Crippen LogP contribution is 2.28. The highest BCUT2D eigenvalue weighted by Gasteiger charge is 2.52. The molecule has 0 saturated carbocycles. The number of hydrogen-bond acceptors (Lipinski definition) is 10. The average molecular weight is 459 g/mol. The van der Waals surface area contributed by atoms with Crippen LogP contribution in [-0.2, 0) is 42.8 Å². The van der Waals surface area contributed by atoms with Gasteiger partial charge in [-0.3, -0.25) is 18.6 Å². The zero-order chi connectivity index (χ0) is 23.2. The molecule has 0 aliphatic carbocycles. The van der Waals surface area contributed by atoms with Crippen molar-refractivity contribution in [3.8, 4) is 0 Å². The molecular formula is C19H25NO10S. The van der Waals surface area contributed by atoms with Gasteiger partial charge in [0.15, 0.2) is 18.5 Å². The van der Waals surface area contributed by atoms with E-state index in [9.17, 15) is 22.8 Å². The number of methoxy groups -OCH3 is 1. The molecule has 1 aliphatic rings. The van der Waals surface area contributed by atoms with Crippen molar-refractivity contribution in [1.82, 2.24) is 5.32 Å². The average Bonchev–Trinajstić information content (AvgIpc) is 2.71. The Morgan fingerprint density at radius 2 is 1.58 bits per heavy atom. The molecular weight excluding hydrogens is 434 g/mol. The van der Waals surface area contributed by atoms with Gasteiger partial charge in [0.2, 0.25) is 0 Å². The fourth-order valence-electron chi connectivity index (χ4n) is 3.15. The van der Waals surface area contributed by atoms with Crippen molar-refractivity contribution in [2.24, 2.45) is 0 Å². The standard InChI is InChI=1S/C19H25NO10S/c1-11(21)28-16-14(10-31(24,25)27-4)30-19(26-3)15(17(16)29-12(2)22)20-18(23)13-8-6-5-7-9-13/h5-9,14-17,19H,10H2,1-4H3,(H,20,23)/t14-,15-,16-,17-,19+/m1/s1. The van der Waals surface area contributed by atoms with Crippen LogP contribution in [0.3, 0.4) is 0 Å². The summed E-state index contributed by atoms with van der Waals surface area (Å²) in [7, 11) is -1.81. The van der Waals surface area contributed by atoms with E-state index in [1.165, 1.54) is 7.11 Å². The van der Waals surface area contributed by atoms with Gasteiger partial charge in [-0.2, -0.15) is 8.42 Å². The van der Waals surface area contributed by atoms with Gasteiger partial charge in [-0.15, -0.1) is 0 Å². The van der Waals surface area contributed by atoms with Crippen LogP contribution in [0, 0.1) is 0 Å². The van der Waals surface area contributed by atoms with E-state index in [4.69, 9.17) is 18.9 Å². The van der Waals surface area contributed by atoms with Crippen molar-refractivity contribution in [1.29, 1.82) is 0 Å². The van der Waals surface area contributed by atoms with Gasteiger partial charge in [0.05, 0.1) is 7.11 Å². The Balaban J connectivity index is 2.43. The molecule has 1 aliphatic heterocycles. The van der Waals surface area contributed by atoms with Crippen molar-refractivity contribution < 1.29 is 45.9 Å². The van der Waals surface area contributed by atoms with Crippen LogP contribution in [0.4, 0.5) is 0 Å². The monoisotopic (exact) mass is 459 g/mol. The number of rotatable bonds is 8. The van der Waals surface area contributed by atoms with Crippen LogP contribution < -0.4 is 5.32 Å². The minimum atomic E-state index is -4.05. The van der Waals surface area contributed by atoms with E-state index in [1.807, 2.05) is 0 Å². The normalized spacial score (nSPS) is 26.0. The SMILES string of the molecule is CO[C@H]1O[C@H](CS(=O)(=O)OC)[C@@H](OC(C)=O)[C@H](OC(C)=O)[C@H]1NC(=O)c1ccccc1. The molecule has 2 rings (SSSR count). The molecule has 1 amide bonds. The largest absolute Gasteiger partial charge is 0.456 e. The summed E-state index contributed by atoms with van der Waals surface area (Å²) < 4.78 is 50.0. The van der Waals surface area contributed by atoms with Crippen LogP contribution in [0.15, 0.2) is 30.3 Å². The third-order valence-electron chi connectivity index (χ3n) is 4.44. The zero-order valence-electron chi connectivity index (χ0n) is 17.5. The molecule has 1 heterocycles. The maximum Gasteiger partial charge on any atom is 0.303 e. The smallest absolute Gasteiger partial charge is 0.303 e. The van der Waals surface area contributed by atoms with E-state index < -0.39 is 64.4 Å². The van der Waals surface area contributed by atoms with E-state index in [1.54, 1.807) is 30.3 Å². The van der Waals surface area contributed by atoms with Gasteiger partial charge in [0, 0.05) is 26.5 Å². The first-order valence-electron chi connectivity index (χ1n) is 9.25. The predicted octanol–water partition coefficient (Wildman–Crippen LogP) is -0.00410. The number of benzene rings is 1. The second-order valence-electron chi connectivity index (χ2n) is 6.68. The molecule has 1 saturated heterocycles. The van der Waals surface area contributed by atoms with Crippen LogP contribution in [0.1, 0.15) is 24.2 Å². The lowest BCUT2D eigenvalue weighted by atomic mass is 9.96. The number of amides is 1. The fourth-order valence-corrected chi connectivity index (χ4v) is 3.96. The Morgan fingerprint density at radius 3 is 2.10 bits per heavy atom. The molecule has 11 nitrogen and oxygen atoms in total. The Morgan fingerprint density at radius 1 is 1.00 bits per heavy atom. The van der Waals surface area contributed by atoms with Crippen molar-refractivity contribution >= 4 is 28.0 Å². The lowest BCUT2D eigenvalue weighted by molar-refractivity contribution is -0.259. The highest BCUT2D eigenvalue weighted by atomic mass is 32.2. The van der Waals surface area contributed by atoms with Crippen LogP contribution in [-0.4, -0.2) is 76.9 Å². The van der Waals surface area contributed by atoms with Gasteiger partial charge >= 0.3 is 11.9 Å². The number of hydrogen-bond donors (Lipinski definition) is 1. The second kappa shape index (κ2) is 10.7. The molecule has 0 bridgehead atoms. The first-order chi connectivity index (χ1) is 14.6. The molecule has 172 valence electrons. The number of esters is 2. The van der Waals surface area contributed by atoms with Crippen molar-refractivity contribution in [2.75, 3.05) is 20.0 Å². The summed E-state index contributed by atoms with van der Waals surface area (Å²) in [5, 5.41) is 2.65. The van der Waals surface area contributed by atoms with E-state index in [2.05, 4.69) is 9.50 Å². The topological polar surface area (TPSA) is 144 Å². The lowest BCUT2D eigenvalue weighted by Crippen LogP contribution is -2.66. The van der Waals surface area contributed by atoms with Gasteiger partial charge in [-0.25, -0.2) is 0 Å². The first kappa shape index (κ1) is 24.7. The summed E-state index contributed by atoms with van der Waals surface area (Å²) in [5.41, 5.74) is 0.312. The van der Waals surface area contributed by atoms with Crippen molar-refractivity contribution in [2.45, 2.75) is 44.5 Å². The zero-order valence-corrected chi connectivity index (χ0v) is 18.3. The minimum Gasteiger partial charge on any atom is -0.456 e. The molecule has 0 radical (unpaired) electrons. The van der Waals surface area contributed by atoms with E-state index in [-0.39, 0.29) is 0 Å². The fraction of sp³-hybridized carbons (Fsp3) is 0.526. The summed E-state index contributed by atoms with van der Waals surface area (Å²) in [6.45, 7) is 2.23. The van der Waals surface area contributed by atoms with Crippen molar-refractivity contribution in [3.05, 3.63) is 35.9 Å². The molecule has 0 aromatic heterocycles. The Labute approximate surface area is 180 Å². The Bertz CT molecular complexity index is 888. The molecule has 31 heavy (non-hydrogen) atoms. The second-order valence-corrected chi connectivity index (χ2v) is 8.47. The molecule has 1 aromatic carbocycles. The summed E-state index contributed by atoms with van der Waals surface area (Å²) in [6.07, 6.45) is -5.18. The number of carbonyl (C=O) groups is 3. The summed E-state index contributed by atoms with van der Waals surface area (Å²) in [4.78, 5) is 36.2. The minimum absolute atomic E-state index is 0.312. The first-order valence-corrected chi connectivity index (χ1v) is 10.8. The molecule has 5 atom stereocenters. The van der Waals surface area contributed by atoms with Crippen LogP contribution in [0.2, 0.25) is 0 Å². The summed E-state index contributed by atoms with van der Waals surface area (Å²) in [5.74, 6) is -2.75. The van der Waals surface area contributed by atoms with E-state index >= 15 is 0 Å². The van der Waals surface area contributed by atoms with Crippen molar-refractivity contribution in [3.63, 3.8) is 0 Å². The summed E-state index contributed by atoms with van der Waals surface area (Å²) >= 11 is 0. The highest BCUT2D eigenvalue weighted by molar-refractivity contribution is 7.86. The van der Waals surface area contributed by atoms with E-state index in [0.717, 1.165) is 21.0 Å². The lowest BCUT2D eigenvalue weighted by Gasteiger charge is -2.44. The Hall–Kier alpha value is -2.54. The van der Waals surface area contributed by atoms with Gasteiger partial charge < -0.3 is 24.3 Å². The molecule has 0 spiro atoms. The molecule has 12 heteroatoms. The maximum atomic E-state index is 12.7. The van der Waals surface area contributed by atoms with Gasteiger partial charge in [0.25, 0.3) is 16.0 Å². The molecule has 0 unspecified atom stereocenters. The van der Waals surface area contributed by atoms with Gasteiger partial charge in [-0.1, -0.05) is 18.2 Å². The predicted molar refractivity (Wildman–Crippen MR) is 105 cm³/mol.